The van der Waals surface area contributed by atoms with Crippen molar-refractivity contribution in [3.8, 4) is 0 Å². The average molecular weight is 301 g/mol. The minimum Gasteiger partial charge on any atom is -0.356 e. The molecule has 0 bridgehead atoms. The summed E-state index contributed by atoms with van der Waals surface area (Å²) in [5.74, 6) is 2.37. The van der Waals surface area contributed by atoms with Crippen LogP contribution in [-0.2, 0) is 11.2 Å². The van der Waals surface area contributed by atoms with Gasteiger partial charge in [0, 0.05) is 12.5 Å². The molecule has 1 N–H and O–H groups in total. The largest absolute Gasteiger partial charge is 0.356 e. The molecule has 1 aliphatic rings. The molecule has 3 atom stereocenters. The minimum atomic E-state index is 0.223. The third-order valence-corrected chi connectivity index (χ3v) is 5.14. The zero-order valence-corrected chi connectivity index (χ0v) is 14.3. The molecule has 0 heterocycles. The number of carbonyl (C=O) groups excluding carboxylic acids is 1. The van der Waals surface area contributed by atoms with Crippen LogP contribution < -0.4 is 5.32 Å². The summed E-state index contributed by atoms with van der Waals surface area (Å²) in [6, 6.07) is 10.5. The Labute approximate surface area is 135 Å². The van der Waals surface area contributed by atoms with E-state index in [-0.39, 0.29) is 5.92 Å². The maximum Gasteiger partial charge on any atom is 0.223 e. The Morgan fingerprint density at radius 2 is 1.95 bits per heavy atom. The Morgan fingerprint density at radius 3 is 2.64 bits per heavy atom. The number of amides is 1. The van der Waals surface area contributed by atoms with Gasteiger partial charge in [0.2, 0.25) is 5.91 Å². The van der Waals surface area contributed by atoms with Crippen molar-refractivity contribution in [1.82, 2.24) is 5.32 Å². The van der Waals surface area contributed by atoms with Crippen molar-refractivity contribution >= 4 is 5.91 Å². The lowest BCUT2D eigenvalue weighted by molar-refractivity contribution is -0.129. The van der Waals surface area contributed by atoms with Gasteiger partial charge in [-0.25, -0.2) is 0 Å². The summed E-state index contributed by atoms with van der Waals surface area (Å²) in [5.41, 5.74) is 1.35. The zero-order valence-electron chi connectivity index (χ0n) is 14.3. The Bertz CT molecular complexity index is 454. The van der Waals surface area contributed by atoms with E-state index in [9.17, 15) is 4.79 Å². The second-order valence-electron chi connectivity index (χ2n) is 7.31. The lowest BCUT2D eigenvalue weighted by Gasteiger charge is -2.36. The number of nitrogens with one attached hydrogen (secondary N) is 1. The summed E-state index contributed by atoms with van der Waals surface area (Å²) < 4.78 is 0. The van der Waals surface area contributed by atoms with Crippen LogP contribution in [0.5, 0.6) is 0 Å². The van der Waals surface area contributed by atoms with Crippen molar-refractivity contribution < 1.29 is 4.79 Å². The van der Waals surface area contributed by atoms with Crippen LogP contribution in [0.25, 0.3) is 0 Å². The lowest BCUT2D eigenvalue weighted by Crippen LogP contribution is -2.40. The maximum absolute atomic E-state index is 12.6. The molecule has 0 radical (unpaired) electrons. The number of rotatable bonds is 6. The smallest absolute Gasteiger partial charge is 0.223 e. The third kappa shape index (κ3) is 4.86. The van der Waals surface area contributed by atoms with Crippen molar-refractivity contribution in [3.63, 3.8) is 0 Å². The summed E-state index contributed by atoms with van der Waals surface area (Å²) >= 11 is 0. The highest BCUT2D eigenvalue weighted by Crippen LogP contribution is 2.38. The molecule has 2 heteroatoms. The molecule has 1 aromatic rings. The molecule has 0 aromatic heterocycles. The van der Waals surface area contributed by atoms with E-state index in [2.05, 4.69) is 50.4 Å². The zero-order chi connectivity index (χ0) is 15.9. The van der Waals surface area contributed by atoms with Gasteiger partial charge in [-0.2, -0.15) is 0 Å². The molecule has 0 saturated heterocycles. The number of hydrogen-bond donors (Lipinski definition) is 1. The van der Waals surface area contributed by atoms with Crippen molar-refractivity contribution in [2.75, 3.05) is 6.54 Å². The number of aryl methyl sites for hydroxylation is 1. The van der Waals surface area contributed by atoms with Gasteiger partial charge in [0.15, 0.2) is 0 Å². The second kappa shape index (κ2) is 8.36. The summed E-state index contributed by atoms with van der Waals surface area (Å²) in [5, 5.41) is 3.19. The van der Waals surface area contributed by atoms with E-state index in [1.54, 1.807) is 0 Å². The van der Waals surface area contributed by atoms with Gasteiger partial charge in [0.25, 0.3) is 0 Å². The number of carbonyl (C=O) groups is 1. The van der Waals surface area contributed by atoms with Crippen molar-refractivity contribution in [2.45, 2.75) is 52.9 Å². The highest BCUT2D eigenvalue weighted by molar-refractivity contribution is 5.79. The molecular formula is C20H31NO. The van der Waals surface area contributed by atoms with Crippen LogP contribution in [0.2, 0.25) is 0 Å². The molecule has 0 unspecified atom stereocenters. The van der Waals surface area contributed by atoms with Gasteiger partial charge < -0.3 is 5.32 Å². The van der Waals surface area contributed by atoms with E-state index in [4.69, 9.17) is 0 Å². The fourth-order valence-electron chi connectivity index (χ4n) is 3.78. The first-order chi connectivity index (χ1) is 10.6. The molecule has 1 saturated carbocycles. The Hall–Kier alpha value is -1.31. The van der Waals surface area contributed by atoms with Gasteiger partial charge in [-0.05, 0) is 49.0 Å². The van der Waals surface area contributed by atoms with Gasteiger partial charge in [-0.3, -0.25) is 4.79 Å². The van der Waals surface area contributed by atoms with Gasteiger partial charge >= 0.3 is 0 Å². The van der Waals surface area contributed by atoms with E-state index in [0.29, 0.717) is 23.7 Å². The van der Waals surface area contributed by atoms with E-state index in [0.717, 1.165) is 25.8 Å². The summed E-state index contributed by atoms with van der Waals surface area (Å²) in [6.45, 7) is 7.60. The van der Waals surface area contributed by atoms with Crippen molar-refractivity contribution in [1.29, 1.82) is 0 Å². The summed E-state index contributed by atoms with van der Waals surface area (Å²) in [4.78, 5) is 12.6. The normalized spacial score (nSPS) is 25.2. The molecule has 1 aliphatic carbocycles. The van der Waals surface area contributed by atoms with E-state index in [1.165, 1.54) is 18.4 Å². The Morgan fingerprint density at radius 1 is 1.23 bits per heavy atom. The Balaban J connectivity index is 1.77. The van der Waals surface area contributed by atoms with Crippen LogP contribution in [0, 0.1) is 23.7 Å². The molecule has 1 fully saturated rings. The monoisotopic (exact) mass is 301 g/mol. The Kier molecular flexibility index (Phi) is 6.48. The van der Waals surface area contributed by atoms with Crippen LogP contribution >= 0.6 is 0 Å². The van der Waals surface area contributed by atoms with E-state index in [1.807, 2.05) is 6.07 Å². The van der Waals surface area contributed by atoms with E-state index >= 15 is 0 Å². The lowest BCUT2D eigenvalue weighted by atomic mass is 9.70. The number of benzene rings is 1. The molecule has 2 rings (SSSR count). The number of hydrogen-bond acceptors (Lipinski definition) is 1. The van der Waals surface area contributed by atoms with Crippen molar-refractivity contribution in [3.05, 3.63) is 35.9 Å². The summed E-state index contributed by atoms with van der Waals surface area (Å²) in [7, 11) is 0. The average Bonchev–Trinajstić information content (AvgIpc) is 2.52. The van der Waals surface area contributed by atoms with Crippen LogP contribution in [0.4, 0.5) is 0 Å². The molecule has 0 spiro atoms. The minimum absolute atomic E-state index is 0.223. The van der Waals surface area contributed by atoms with Gasteiger partial charge in [-0.1, -0.05) is 57.5 Å². The molecule has 1 amide bonds. The topological polar surface area (TPSA) is 29.1 Å². The predicted octanol–water partition coefficient (Wildman–Crippen LogP) is 4.44. The van der Waals surface area contributed by atoms with E-state index < -0.39 is 0 Å². The molecule has 22 heavy (non-hydrogen) atoms. The first-order valence-electron chi connectivity index (χ1n) is 8.89. The van der Waals surface area contributed by atoms with Crippen molar-refractivity contribution in [2.24, 2.45) is 23.7 Å². The maximum atomic E-state index is 12.6. The standard InChI is InChI=1S/C20H31NO/c1-15(2)18-12-11-16(3)14-19(18)20(22)21-13-7-10-17-8-5-4-6-9-17/h4-6,8-9,15-16,18-19H,7,10-14H2,1-3H3,(H,21,22)/t16-,18+,19-/m1/s1. The molecule has 1 aromatic carbocycles. The highest BCUT2D eigenvalue weighted by Gasteiger charge is 2.35. The SMILES string of the molecule is CC(C)[C@@H]1CC[C@@H](C)C[C@H]1C(=O)NCCCc1ccccc1. The predicted molar refractivity (Wildman–Crippen MR) is 92.6 cm³/mol. The van der Waals surface area contributed by atoms with Gasteiger partial charge in [0.1, 0.15) is 0 Å². The molecule has 2 nitrogen and oxygen atoms in total. The van der Waals surface area contributed by atoms with Crippen LogP contribution in [0.15, 0.2) is 30.3 Å². The molecular weight excluding hydrogens is 270 g/mol. The van der Waals surface area contributed by atoms with Crippen LogP contribution in [0.3, 0.4) is 0 Å². The quantitative estimate of drug-likeness (QED) is 0.773. The molecule has 0 aliphatic heterocycles. The fourth-order valence-corrected chi connectivity index (χ4v) is 3.78. The third-order valence-electron chi connectivity index (χ3n) is 5.14. The fraction of sp³-hybridized carbons (Fsp3) is 0.650. The first kappa shape index (κ1) is 17.1. The van der Waals surface area contributed by atoms with Crippen LogP contribution in [0.1, 0.15) is 52.0 Å². The van der Waals surface area contributed by atoms with Gasteiger partial charge in [-0.15, -0.1) is 0 Å². The second-order valence-corrected chi connectivity index (χ2v) is 7.31. The van der Waals surface area contributed by atoms with Crippen LogP contribution in [-0.4, -0.2) is 12.5 Å². The highest BCUT2D eigenvalue weighted by atomic mass is 16.1. The first-order valence-corrected chi connectivity index (χ1v) is 8.89. The van der Waals surface area contributed by atoms with Gasteiger partial charge in [0.05, 0.1) is 0 Å². The summed E-state index contributed by atoms with van der Waals surface area (Å²) in [6.07, 6.45) is 5.61. The molecule has 122 valence electrons.